The molecular formula is C21H26BrN3S3. The molecular weight excluding hydrogens is 470 g/mol. The van der Waals surface area contributed by atoms with Crippen LogP contribution in [0.2, 0.25) is 0 Å². The van der Waals surface area contributed by atoms with Crippen LogP contribution in [0.25, 0.3) is 19.5 Å². The molecule has 3 aromatic heterocycles. The molecule has 4 rings (SSSR count). The zero-order valence-corrected chi connectivity index (χ0v) is 20.4. The van der Waals surface area contributed by atoms with Crippen molar-refractivity contribution < 1.29 is 0 Å². The summed E-state index contributed by atoms with van der Waals surface area (Å²) in [6.07, 6.45) is 0. The van der Waals surface area contributed by atoms with Gasteiger partial charge in [-0.2, -0.15) is 0 Å². The van der Waals surface area contributed by atoms with Crippen LogP contribution in [0.5, 0.6) is 0 Å². The third-order valence-electron chi connectivity index (χ3n) is 5.03. The first-order chi connectivity index (χ1) is 13.6. The van der Waals surface area contributed by atoms with Gasteiger partial charge in [0.1, 0.15) is 0 Å². The maximum absolute atomic E-state index is 3.57. The lowest BCUT2D eigenvalue weighted by atomic mass is 10.3. The van der Waals surface area contributed by atoms with E-state index in [0.717, 1.165) is 13.1 Å². The van der Waals surface area contributed by atoms with Crippen LogP contribution in [-0.4, -0.2) is 68.1 Å². The molecule has 28 heavy (non-hydrogen) atoms. The number of hydrogen-bond acceptors (Lipinski definition) is 6. The van der Waals surface area contributed by atoms with Crippen LogP contribution in [0.3, 0.4) is 0 Å². The highest BCUT2D eigenvalue weighted by molar-refractivity contribution is 9.11. The summed E-state index contributed by atoms with van der Waals surface area (Å²) in [6, 6.07) is 13.5. The summed E-state index contributed by atoms with van der Waals surface area (Å²) >= 11 is 9.21. The Kier molecular flexibility index (Phi) is 7.04. The second-order valence-electron chi connectivity index (χ2n) is 7.45. The van der Waals surface area contributed by atoms with Crippen LogP contribution >= 0.6 is 49.9 Å². The summed E-state index contributed by atoms with van der Waals surface area (Å²) < 4.78 is 1.19. The van der Waals surface area contributed by atoms with Crippen LogP contribution in [-0.2, 0) is 6.54 Å². The lowest BCUT2D eigenvalue weighted by Gasteiger charge is -2.34. The average molecular weight is 497 g/mol. The summed E-state index contributed by atoms with van der Waals surface area (Å²) in [7, 11) is 4.31. The Morgan fingerprint density at radius 1 is 0.786 bits per heavy atom. The standard InChI is InChI=1S/C21H26BrN3S3/c1-23(2)9-10-24-11-13-25(14-12-24)15-16-3-4-17(26-16)18-5-6-19(27-18)20-7-8-21(22)28-20/h3-8H,9-15H2,1-2H3. The molecule has 3 aromatic rings. The lowest BCUT2D eigenvalue weighted by molar-refractivity contribution is 0.121. The summed E-state index contributed by atoms with van der Waals surface area (Å²) in [6.45, 7) is 8.16. The highest BCUT2D eigenvalue weighted by atomic mass is 79.9. The smallest absolute Gasteiger partial charge is 0.0705 e. The van der Waals surface area contributed by atoms with Gasteiger partial charge in [-0.1, -0.05) is 0 Å². The second kappa shape index (κ2) is 9.51. The third kappa shape index (κ3) is 5.33. The fraction of sp³-hybridized carbons (Fsp3) is 0.429. The van der Waals surface area contributed by atoms with Gasteiger partial charge in [0.2, 0.25) is 0 Å². The molecule has 1 saturated heterocycles. The molecule has 0 amide bonds. The van der Waals surface area contributed by atoms with Gasteiger partial charge in [-0.25, -0.2) is 0 Å². The van der Waals surface area contributed by atoms with E-state index < -0.39 is 0 Å². The Morgan fingerprint density at radius 2 is 1.36 bits per heavy atom. The highest BCUT2D eigenvalue weighted by Gasteiger charge is 2.18. The number of thiophene rings is 3. The number of hydrogen-bond donors (Lipinski definition) is 0. The van der Waals surface area contributed by atoms with E-state index in [4.69, 9.17) is 0 Å². The van der Waals surface area contributed by atoms with Gasteiger partial charge in [0.25, 0.3) is 0 Å². The number of nitrogens with zero attached hydrogens (tertiary/aromatic N) is 3. The van der Waals surface area contributed by atoms with Crippen LogP contribution in [0, 0.1) is 0 Å². The number of halogens is 1. The van der Waals surface area contributed by atoms with E-state index in [0.29, 0.717) is 0 Å². The van der Waals surface area contributed by atoms with E-state index >= 15 is 0 Å². The molecule has 1 aliphatic heterocycles. The molecule has 1 fully saturated rings. The number of piperazine rings is 1. The topological polar surface area (TPSA) is 9.72 Å². The number of likely N-dealkylation sites (N-methyl/N-ethyl adjacent to an activating group) is 1. The Balaban J connectivity index is 1.32. The first kappa shape index (κ1) is 20.7. The van der Waals surface area contributed by atoms with Crippen LogP contribution in [0.15, 0.2) is 40.2 Å². The molecule has 0 radical (unpaired) electrons. The molecule has 0 aromatic carbocycles. The fourth-order valence-corrected chi connectivity index (χ4v) is 7.00. The summed E-state index contributed by atoms with van der Waals surface area (Å²) in [5, 5.41) is 0. The molecule has 0 unspecified atom stereocenters. The van der Waals surface area contributed by atoms with Crippen LogP contribution in [0.1, 0.15) is 4.88 Å². The first-order valence-corrected chi connectivity index (χ1v) is 12.8. The summed E-state index contributed by atoms with van der Waals surface area (Å²) in [5.41, 5.74) is 0. The largest absolute Gasteiger partial charge is 0.308 e. The molecule has 4 heterocycles. The van der Waals surface area contributed by atoms with Crippen molar-refractivity contribution in [1.82, 2.24) is 14.7 Å². The molecule has 0 spiro atoms. The van der Waals surface area contributed by atoms with E-state index in [2.05, 4.69) is 81.1 Å². The maximum atomic E-state index is 3.57. The number of rotatable bonds is 7. The van der Waals surface area contributed by atoms with E-state index in [1.165, 1.54) is 60.9 Å². The minimum absolute atomic E-state index is 1.09. The Morgan fingerprint density at radius 3 is 2.00 bits per heavy atom. The van der Waals surface area contributed by atoms with E-state index in [1.54, 1.807) is 11.3 Å². The average Bonchev–Trinajstić information content (AvgIpc) is 3.41. The van der Waals surface area contributed by atoms with Crippen molar-refractivity contribution >= 4 is 49.9 Å². The monoisotopic (exact) mass is 495 g/mol. The molecule has 3 nitrogen and oxygen atoms in total. The Labute approximate surface area is 188 Å². The van der Waals surface area contributed by atoms with Crippen molar-refractivity contribution in [3.63, 3.8) is 0 Å². The molecule has 0 aliphatic carbocycles. The fourth-order valence-electron chi connectivity index (χ4n) is 3.38. The minimum atomic E-state index is 1.09. The molecule has 0 bridgehead atoms. The normalized spacial score (nSPS) is 16.3. The highest BCUT2D eigenvalue weighted by Crippen LogP contribution is 2.40. The maximum Gasteiger partial charge on any atom is 0.0705 e. The minimum Gasteiger partial charge on any atom is -0.308 e. The van der Waals surface area contributed by atoms with Gasteiger partial charge in [-0.15, -0.1) is 34.0 Å². The lowest BCUT2D eigenvalue weighted by Crippen LogP contribution is -2.47. The second-order valence-corrected chi connectivity index (χ2v) is 12.2. The molecule has 0 saturated carbocycles. The molecule has 7 heteroatoms. The molecule has 0 atom stereocenters. The Hall–Kier alpha value is -0.540. The van der Waals surface area contributed by atoms with E-state index in [-0.39, 0.29) is 0 Å². The van der Waals surface area contributed by atoms with Crippen molar-refractivity contribution in [2.24, 2.45) is 0 Å². The van der Waals surface area contributed by atoms with Gasteiger partial charge in [0.05, 0.1) is 3.79 Å². The quantitative estimate of drug-likeness (QED) is 0.419. The van der Waals surface area contributed by atoms with Crippen molar-refractivity contribution in [2.45, 2.75) is 6.54 Å². The SMILES string of the molecule is CN(C)CCN1CCN(Cc2ccc(-c3ccc(-c4ccc(Br)s4)s3)s2)CC1. The zero-order chi connectivity index (χ0) is 19.5. The van der Waals surface area contributed by atoms with Crippen molar-refractivity contribution in [3.05, 3.63) is 45.1 Å². The van der Waals surface area contributed by atoms with Crippen molar-refractivity contribution in [2.75, 3.05) is 53.4 Å². The molecule has 1 aliphatic rings. The Bertz CT molecular complexity index is 890. The van der Waals surface area contributed by atoms with Gasteiger partial charge in [-0.05, 0) is 66.4 Å². The van der Waals surface area contributed by atoms with E-state index in [1.807, 2.05) is 22.7 Å². The van der Waals surface area contributed by atoms with Gasteiger partial charge < -0.3 is 4.90 Å². The predicted octanol–water partition coefficient (Wildman–Crippen LogP) is 5.65. The predicted molar refractivity (Wildman–Crippen MR) is 129 cm³/mol. The van der Waals surface area contributed by atoms with Gasteiger partial charge in [0, 0.05) is 70.2 Å². The summed E-state index contributed by atoms with van der Waals surface area (Å²) in [4.78, 5) is 14.4. The first-order valence-electron chi connectivity index (χ1n) is 9.61. The van der Waals surface area contributed by atoms with Crippen molar-refractivity contribution in [3.8, 4) is 19.5 Å². The summed E-state index contributed by atoms with van der Waals surface area (Å²) in [5.74, 6) is 0. The van der Waals surface area contributed by atoms with Gasteiger partial charge >= 0.3 is 0 Å². The van der Waals surface area contributed by atoms with Gasteiger partial charge in [0.15, 0.2) is 0 Å². The van der Waals surface area contributed by atoms with Crippen LogP contribution < -0.4 is 0 Å². The van der Waals surface area contributed by atoms with Crippen LogP contribution in [0.4, 0.5) is 0 Å². The van der Waals surface area contributed by atoms with E-state index in [9.17, 15) is 0 Å². The molecule has 150 valence electrons. The third-order valence-corrected chi connectivity index (χ3v) is 9.20. The zero-order valence-electron chi connectivity index (χ0n) is 16.4. The molecule has 0 N–H and O–H groups in total. The van der Waals surface area contributed by atoms with Gasteiger partial charge in [-0.3, -0.25) is 9.80 Å². The van der Waals surface area contributed by atoms with Crippen molar-refractivity contribution in [1.29, 1.82) is 0 Å².